The van der Waals surface area contributed by atoms with Crippen LogP contribution in [0.1, 0.15) is 51.4 Å². The van der Waals surface area contributed by atoms with Crippen molar-refractivity contribution < 1.29 is 4.74 Å². The molecule has 5 aliphatic rings. The van der Waals surface area contributed by atoms with Gasteiger partial charge in [0.25, 0.3) is 0 Å². The Morgan fingerprint density at radius 3 is 2.38 bits per heavy atom. The molecule has 0 amide bonds. The van der Waals surface area contributed by atoms with Crippen LogP contribution in [-0.4, -0.2) is 13.2 Å². The molecule has 5 aliphatic carbocycles. The number of nitrogens with two attached hydrogens (primary N) is 1. The first-order valence-electron chi connectivity index (χ1n) is 8.86. The van der Waals surface area contributed by atoms with Gasteiger partial charge in [-0.1, -0.05) is 6.08 Å². The van der Waals surface area contributed by atoms with Crippen LogP contribution < -0.4 is 5.73 Å². The molecule has 4 fully saturated rings. The van der Waals surface area contributed by atoms with Gasteiger partial charge < -0.3 is 10.5 Å². The fourth-order valence-electron chi connectivity index (χ4n) is 5.83. The molecular weight excluding hydrogens is 258 g/mol. The minimum atomic E-state index is 0.445. The van der Waals surface area contributed by atoms with Crippen LogP contribution >= 0.6 is 0 Å². The molecule has 115 valence electrons. The van der Waals surface area contributed by atoms with Crippen LogP contribution in [0, 0.1) is 29.6 Å². The van der Waals surface area contributed by atoms with Gasteiger partial charge in [0, 0.05) is 0 Å². The topological polar surface area (TPSA) is 35.2 Å². The van der Waals surface area contributed by atoms with Crippen molar-refractivity contribution in [2.45, 2.75) is 51.4 Å². The highest BCUT2D eigenvalue weighted by molar-refractivity contribution is 5.40. The first-order chi connectivity index (χ1) is 10.3. The number of ether oxygens (including phenoxy) is 1. The van der Waals surface area contributed by atoms with Gasteiger partial charge in [-0.2, -0.15) is 0 Å². The van der Waals surface area contributed by atoms with E-state index in [2.05, 4.69) is 18.6 Å². The van der Waals surface area contributed by atoms with E-state index >= 15 is 0 Å². The summed E-state index contributed by atoms with van der Waals surface area (Å²) in [6, 6.07) is 0. The Hall–Kier alpha value is -0.760. The molecule has 5 rings (SSSR count). The molecule has 21 heavy (non-hydrogen) atoms. The smallest absolute Gasteiger partial charge is 0.118 e. The van der Waals surface area contributed by atoms with E-state index in [-0.39, 0.29) is 0 Å². The van der Waals surface area contributed by atoms with Gasteiger partial charge in [0.05, 0.1) is 6.61 Å². The molecule has 0 aromatic carbocycles. The van der Waals surface area contributed by atoms with E-state index in [0.29, 0.717) is 5.41 Å². The Morgan fingerprint density at radius 1 is 1.10 bits per heavy atom. The van der Waals surface area contributed by atoms with E-state index in [1.807, 2.05) is 0 Å². The fourth-order valence-corrected chi connectivity index (χ4v) is 5.83. The average molecular weight is 286 g/mol. The Morgan fingerprint density at radius 2 is 1.76 bits per heavy atom. The number of hydrogen-bond donors (Lipinski definition) is 1. The Kier molecular flexibility index (Phi) is 3.61. The highest BCUT2D eigenvalue weighted by atomic mass is 16.5. The van der Waals surface area contributed by atoms with Gasteiger partial charge >= 0.3 is 0 Å². The number of hydrogen-bond acceptors (Lipinski definition) is 2. The second-order valence-electron chi connectivity index (χ2n) is 7.81. The lowest BCUT2D eigenvalue weighted by molar-refractivity contribution is -0.0330. The molecule has 1 radical (unpaired) electrons. The summed E-state index contributed by atoms with van der Waals surface area (Å²) in [4.78, 5) is 0. The van der Waals surface area contributed by atoms with Crippen LogP contribution in [-0.2, 0) is 4.74 Å². The molecule has 2 nitrogen and oxygen atoms in total. The molecule has 0 atom stereocenters. The predicted molar refractivity (Wildman–Crippen MR) is 85.3 cm³/mol. The van der Waals surface area contributed by atoms with Crippen LogP contribution in [0.15, 0.2) is 23.5 Å². The summed E-state index contributed by atoms with van der Waals surface area (Å²) in [6.45, 7) is 1.49. The monoisotopic (exact) mass is 286 g/mol. The summed E-state index contributed by atoms with van der Waals surface area (Å²) in [5.74, 6) is 4.16. The van der Waals surface area contributed by atoms with Crippen LogP contribution in [0.25, 0.3) is 0 Å². The fraction of sp³-hybridized carbons (Fsp3) is 0.737. The first-order valence-corrected chi connectivity index (χ1v) is 8.86. The maximum absolute atomic E-state index is 6.12. The van der Waals surface area contributed by atoms with Gasteiger partial charge in [0.1, 0.15) is 5.76 Å². The molecule has 2 N–H and O–H groups in total. The molecule has 2 heteroatoms. The quantitative estimate of drug-likeness (QED) is 0.776. The summed E-state index contributed by atoms with van der Waals surface area (Å²) in [5.41, 5.74) is 7.58. The third-order valence-electron chi connectivity index (χ3n) is 6.20. The molecular formula is C19H28NO. The van der Waals surface area contributed by atoms with Gasteiger partial charge in [-0.25, -0.2) is 0 Å². The van der Waals surface area contributed by atoms with Crippen molar-refractivity contribution in [3.63, 3.8) is 0 Å². The summed E-state index contributed by atoms with van der Waals surface area (Å²) in [5, 5.41) is 0. The van der Waals surface area contributed by atoms with Crippen molar-refractivity contribution in [1.29, 1.82) is 0 Å². The lowest BCUT2D eigenvalue weighted by Gasteiger charge is -2.58. The van der Waals surface area contributed by atoms with E-state index in [9.17, 15) is 0 Å². The van der Waals surface area contributed by atoms with Crippen molar-refractivity contribution in [3.05, 3.63) is 29.9 Å². The van der Waals surface area contributed by atoms with Gasteiger partial charge in [-0.05, 0) is 99.1 Å². The number of allylic oxidation sites excluding steroid dienone is 3. The third kappa shape index (κ3) is 2.46. The first kappa shape index (κ1) is 13.9. The largest absolute Gasteiger partial charge is 0.494 e. The molecule has 0 spiro atoms. The number of rotatable bonds is 5. The van der Waals surface area contributed by atoms with Crippen molar-refractivity contribution in [3.8, 4) is 0 Å². The minimum Gasteiger partial charge on any atom is -0.494 e. The Bertz CT molecular complexity index is 427. The van der Waals surface area contributed by atoms with Crippen molar-refractivity contribution >= 4 is 0 Å². The molecule has 0 saturated heterocycles. The van der Waals surface area contributed by atoms with Crippen LogP contribution in [0.4, 0.5) is 0 Å². The van der Waals surface area contributed by atoms with E-state index < -0.39 is 0 Å². The minimum absolute atomic E-state index is 0.445. The summed E-state index contributed by atoms with van der Waals surface area (Å²) in [6.07, 6.45) is 17.7. The zero-order valence-corrected chi connectivity index (χ0v) is 13.0. The second kappa shape index (κ2) is 5.46. The van der Waals surface area contributed by atoms with Crippen molar-refractivity contribution in [2.75, 3.05) is 13.2 Å². The highest BCUT2D eigenvalue weighted by Crippen LogP contribution is 2.64. The zero-order valence-electron chi connectivity index (χ0n) is 13.0. The van der Waals surface area contributed by atoms with E-state index in [1.165, 1.54) is 49.9 Å². The van der Waals surface area contributed by atoms with Crippen LogP contribution in [0.3, 0.4) is 0 Å². The maximum atomic E-state index is 6.12. The second-order valence-corrected chi connectivity index (χ2v) is 7.81. The van der Waals surface area contributed by atoms with Crippen molar-refractivity contribution in [2.24, 2.45) is 28.9 Å². The van der Waals surface area contributed by atoms with Crippen molar-refractivity contribution in [1.82, 2.24) is 0 Å². The Labute approximate surface area is 128 Å². The van der Waals surface area contributed by atoms with Gasteiger partial charge in [0.15, 0.2) is 0 Å². The normalized spacial score (nSPS) is 40.9. The molecule has 0 aromatic rings. The zero-order chi connectivity index (χ0) is 14.3. The lowest BCUT2D eigenvalue weighted by Crippen LogP contribution is -2.47. The van der Waals surface area contributed by atoms with Crippen LogP contribution in [0.2, 0.25) is 0 Å². The Balaban J connectivity index is 1.56. The molecule has 4 bridgehead atoms. The van der Waals surface area contributed by atoms with Crippen LogP contribution in [0.5, 0.6) is 0 Å². The molecule has 0 aromatic heterocycles. The summed E-state index contributed by atoms with van der Waals surface area (Å²) in [7, 11) is 0. The molecule has 0 aliphatic heterocycles. The molecule has 4 saturated carbocycles. The summed E-state index contributed by atoms with van der Waals surface area (Å²) >= 11 is 0. The van der Waals surface area contributed by atoms with Gasteiger partial charge in [0.2, 0.25) is 0 Å². The van der Waals surface area contributed by atoms with Gasteiger partial charge in [-0.3, -0.25) is 0 Å². The third-order valence-corrected chi connectivity index (χ3v) is 6.20. The van der Waals surface area contributed by atoms with E-state index in [1.54, 1.807) is 0 Å². The molecule has 0 heterocycles. The molecule has 0 unspecified atom stereocenters. The van der Waals surface area contributed by atoms with Gasteiger partial charge in [-0.15, -0.1) is 0 Å². The summed E-state index contributed by atoms with van der Waals surface area (Å²) < 4.78 is 6.12. The van der Waals surface area contributed by atoms with E-state index in [4.69, 9.17) is 10.5 Å². The standard InChI is InChI=1S/C19H28NO/c20-6-3-7-21-18-5-2-1-4-17(18)19-11-14-8-15(12-19)10-16(9-14)13-19/h1,4-5,14-16H,2-3,6-13,20H2. The predicted octanol–water partition coefficient (Wildman–Crippen LogP) is 3.99. The average Bonchev–Trinajstić information content (AvgIpc) is 2.46. The SMILES string of the molecule is NCCCOC1=CC[CH]C=C1C12CC3CC(CC(C3)C1)C2. The lowest BCUT2D eigenvalue weighted by atomic mass is 9.47. The maximum Gasteiger partial charge on any atom is 0.118 e. The highest BCUT2D eigenvalue weighted by Gasteiger charge is 2.53. The van der Waals surface area contributed by atoms with E-state index in [0.717, 1.165) is 43.7 Å².